The highest BCUT2D eigenvalue weighted by Gasteiger charge is 2.21. The Morgan fingerprint density at radius 2 is 2.00 bits per heavy atom. The van der Waals surface area contributed by atoms with Gasteiger partial charge in [0.1, 0.15) is 0 Å². The van der Waals surface area contributed by atoms with Crippen molar-refractivity contribution in [2.75, 3.05) is 11.9 Å². The summed E-state index contributed by atoms with van der Waals surface area (Å²) >= 11 is 0. The quantitative estimate of drug-likeness (QED) is 0.766. The van der Waals surface area contributed by atoms with Gasteiger partial charge in [-0.15, -0.1) is 0 Å². The lowest BCUT2D eigenvalue weighted by Gasteiger charge is -2.25. The Morgan fingerprint density at radius 1 is 1.27 bits per heavy atom. The highest BCUT2D eigenvalue weighted by atomic mass is 16.2. The number of amides is 2. The van der Waals surface area contributed by atoms with E-state index in [4.69, 9.17) is 0 Å². The van der Waals surface area contributed by atoms with Gasteiger partial charge in [-0.2, -0.15) is 5.10 Å². The molecule has 1 aromatic heterocycles. The van der Waals surface area contributed by atoms with Crippen molar-refractivity contribution in [2.24, 2.45) is 0 Å². The van der Waals surface area contributed by atoms with Gasteiger partial charge in [0.25, 0.3) is 5.91 Å². The Morgan fingerprint density at radius 3 is 2.65 bits per heavy atom. The van der Waals surface area contributed by atoms with Gasteiger partial charge in [-0.1, -0.05) is 12.1 Å². The smallest absolute Gasteiger partial charge is 0.276 e. The molecule has 1 aliphatic heterocycles. The van der Waals surface area contributed by atoms with E-state index in [9.17, 15) is 9.59 Å². The van der Waals surface area contributed by atoms with Gasteiger partial charge in [0.2, 0.25) is 5.91 Å². The number of nitrogens with one attached hydrogen (secondary N) is 3. The third-order valence-corrected chi connectivity index (χ3v) is 4.61. The van der Waals surface area contributed by atoms with Gasteiger partial charge in [0, 0.05) is 56.0 Å². The fourth-order valence-corrected chi connectivity index (χ4v) is 3.15. The van der Waals surface area contributed by atoms with Crippen LogP contribution in [0.2, 0.25) is 0 Å². The minimum atomic E-state index is -0.216. The normalized spacial score (nSPS) is 13.4. The minimum Gasteiger partial charge on any atom is -0.336 e. The number of H-pyrrole nitrogens is 1. The molecule has 0 atom stereocenters. The zero-order valence-electron chi connectivity index (χ0n) is 15.4. The van der Waals surface area contributed by atoms with Crippen LogP contribution in [-0.2, 0) is 24.3 Å². The minimum absolute atomic E-state index is 0.0503. The molecule has 1 aromatic carbocycles. The molecular weight excluding hydrogens is 330 g/mol. The van der Waals surface area contributed by atoms with E-state index >= 15 is 0 Å². The number of aromatic nitrogens is 2. The second-order valence-electron chi connectivity index (χ2n) is 6.85. The van der Waals surface area contributed by atoms with Crippen LogP contribution < -0.4 is 10.6 Å². The average Bonchev–Trinajstić information content (AvgIpc) is 3.04. The summed E-state index contributed by atoms with van der Waals surface area (Å²) < 4.78 is 0. The van der Waals surface area contributed by atoms with Crippen LogP contribution in [0.4, 0.5) is 5.69 Å². The van der Waals surface area contributed by atoms with Crippen LogP contribution >= 0.6 is 0 Å². The molecule has 26 heavy (non-hydrogen) atoms. The molecule has 0 saturated carbocycles. The Balaban J connectivity index is 1.67. The third kappa shape index (κ3) is 3.94. The number of fused-ring (bicyclic) bond motifs is 1. The fraction of sp³-hybridized carbons (Fsp3) is 0.421. The van der Waals surface area contributed by atoms with Crippen molar-refractivity contribution in [1.29, 1.82) is 0 Å². The third-order valence-electron chi connectivity index (χ3n) is 4.61. The van der Waals surface area contributed by atoms with Gasteiger partial charge in [0.05, 0.1) is 0 Å². The van der Waals surface area contributed by atoms with Crippen LogP contribution in [0.25, 0.3) is 0 Å². The van der Waals surface area contributed by atoms with E-state index in [0.717, 1.165) is 29.8 Å². The SMILES string of the molecule is CC(=O)N(Cc1ccc(NC(=O)c2n[nH]c3c2CNCC3)cc1)C(C)C. The van der Waals surface area contributed by atoms with Crippen molar-refractivity contribution in [1.82, 2.24) is 20.4 Å². The molecule has 2 heterocycles. The number of anilines is 1. The lowest BCUT2D eigenvalue weighted by atomic mass is 10.1. The second-order valence-corrected chi connectivity index (χ2v) is 6.85. The largest absolute Gasteiger partial charge is 0.336 e. The van der Waals surface area contributed by atoms with E-state index in [0.29, 0.717) is 24.5 Å². The Bertz CT molecular complexity index is 795. The molecule has 3 N–H and O–H groups in total. The van der Waals surface area contributed by atoms with E-state index < -0.39 is 0 Å². The van der Waals surface area contributed by atoms with Gasteiger partial charge >= 0.3 is 0 Å². The molecule has 3 rings (SSSR count). The molecule has 0 unspecified atom stereocenters. The Hall–Kier alpha value is -2.67. The van der Waals surface area contributed by atoms with E-state index in [2.05, 4.69) is 20.8 Å². The summed E-state index contributed by atoms with van der Waals surface area (Å²) in [5, 5.41) is 13.3. The van der Waals surface area contributed by atoms with E-state index in [1.54, 1.807) is 11.8 Å². The van der Waals surface area contributed by atoms with Gasteiger partial charge in [-0.3, -0.25) is 14.7 Å². The highest BCUT2D eigenvalue weighted by Crippen LogP contribution is 2.18. The molecule has 7 heteroatoms. The van der Waals surface area contributed by atoms with E-state index in [1.807, 2.05) is 38.1 Å². The summed E-state index contributed by atoms with van der Waals surface area (Å²) in [6, 6.07) is 7.70. The van der Waals surface area contributed by atoms with Crippen LogP contribution in [0.5, 0.6) is 0 Å². The van der Waals surface area contributed by atoms with Crippen molar-refractivity contribution < 1.29 is 9.59 Å². The number of benzene rings is 1. The summed E-state index contributed by atoms with van der Waals surface area (Å²) in [7, 11) is 0. The van der Waals surface area contributed by atoms with Crippen molar-refractivity contribution in [2.45, 2.75) is 46.3 Å². The second kappa shape index (κ2) is 7.70. The summed E-state index contributed by atoms with van der Waals surface area (Å²) in [5.74, 6) is -0.166. The van der Waals surface area contributed by atoms with Crippen LogP contribution in [-0.4, -0.2) is 39.5 Å². The summed E-state index contributed by atoms with van der Waals surface area (Å²) in [5.41, 5.74) is 4.15. The molecule has 0 saturated heterocycles. The number of nitrogens with zero attached hydrogens (tertiary/aromatic N) is 2. The van der Waals surface area contributed by atoms with Crippen LogP contribution in [0.3, 0.4) is 0 Å². The van der Waals surface area contributed by atoms with Crippen molar-refractivity contribution in [3.63, 3.8) is 0 Å². The molecule has 0 aliphatic carbocycles. The zero-order valence-corrected chi connectivity index (χ0v) is 15.4. The first kappa shape index (κ1) is 18.1. The first-order chi connectivity index (χ1) is 12.5. The number of hydrogen-bond acceptors (Lipinski definition) is 4. The van der Waals surface area contributed by atoms with Crippen molar-refractivity contribution >= 4 is 17.5 Å². The zero-order chi connectivity index (χ0) is 18.7. The molecule has 2 amide bonds. The first-order valence-electron chi connectivity index (χ1n) is 8.90. The summed E-state index contributed by atoms with van der Waals surface area (Å²) in [4.78, 5) is 26.0. The maximum atomic E-state index is 12.5. The number of carbonyl (C=O) groups excluding carboxylic acids is 2. The van der Waals surface area contributed by atoms with Gasteiger partial charge in [0.15, 0.2) is 5.69 Å². The number of carbonyl (C=O) groups is 2. The van der Waals surface area contributed by atoms with Crippen LogP contribution in [0.1, 0.15) is 48.1 Å². The Labute approximate surface area is 153 Å². The van der Waals surface area contributed by atoms with Crippen LogP contribution in [0, 0.1) is 0 Å². The lowest BCUT2D eigenvalue weighted by molar-refractivity contribution is -0.131. The predicted octanol–water partition coefficient (Wildman–Crippen LogP) is 2.06. The molecule has 0 spiro atoms. The van der Waals surface area contributed by atoms with Crippen molar-refractivity contribution in [3.05, 3.63) is 46.8 Å². The topological polar surface area (TPSA) is 90.1 Å². The van der Waals surface area contributed by atoms with Crippen LogP contribution in [0.15, 0.2) is 24.3 Å². The molecule has 1 aliphatic rings. The molecule has 0 bridgehead atoms. The van der Waals surface area contributed by atoms with Gasteiger partial charge in [-0.05, 0) is 31.5 Å². The monoisotopic (exact) mass is 355 g/mol. The lowest BCUT2D eigenvalue weighted by Crippen LogP contribution is -2.34. The summed E-state index contributed by atoms with van der Waals surface area (Å²) in [6.07, 6.45) is 0.854. The van der Waals surface area contributed by atoms with E-state index in [-0.39, 0.29) is 17.9 Å². The molecule has 2 aromatic rings. The Kier molecular flexibility index (Phi) is 5.37. The average molecular weight is 355 g/mol. The molecular formula is C19H25N5O2. The van der Waals surface area contributed by atoms with Gasteiger partial charge < -0.3 is 15.5 Å². The maximum Gasteiger partial charge on any atom is 0.276 e. The number of aromatic amines is 1. The van der Waals surface area contributed by atoms with Gasteiger partial charge in [-0.25, -0.2) is 0 Å². The highest BCUT2D eigenvalue weighted by molar-refractivity contribution is 6.04. The molecule has 0 radical (unpaired) electrons. The van der Waals surface area contributed by atoms with Crippen molar-refractivity contribution in [3.8, 4) is 0 Å². The number of hydrogen-bond donors (Lipinski definition) is 3. The fourth-order valence-electron chi connectivity index (χ4n) is 3.15. The molecule has 138 valence electrons. The molecule has 7 nitrogen and oxygen atoms in total. The summed E-state index contributed by atoms with van der Waals surface area (Å²) in [6.45, 7) is 7.67. The standard InChI is InChI=1S/C19H25N5O2/c1-12(2)24(13(3)25)11-14-4-6-15(7-5-14)21-19(26)18-16-10-20-9-8-17(16)22-23-18/h4-7,12,20H,8-11H2,1-3H3,(H,21,26)(H,22,23). The predicted molar refractivity (Wildman–Crippen MR) is 99.8 cm³/mol. The first-order valence-corrected chi connectivity index (χ1v) is 8.90. The molecule has 0 fully saturated rings. The van der Waals surface area contributed by atoms with E-state index in [1.165, 1.54) is 0 Å². The maximum absolute atomic E-state index is 12.5. The number of rotatable bonds is 5.